The molecule has 8 nitrogen and oxygen atoms in total. The average molecular weight is 574 g/mol. The number of hydrogen-bond acceptors (Lipinski definition) is 4. The smallest absolute Gasteiger partial charge is 0.273 e. The van der Waals surface area contributed by atoms with Crippen LogP contribution in [0.3, 0.4) is 0 Å². The van der Waals surface area contributed by atoms with Gasteiger partial charge in [0.25, 0.3) is 5.91 Å². The SMILES string of the molecule is COCCCn1c(C2CCCN(C(=O)CCCc3ccc(NC(=O)c4cncn4C)cc3)C2)c(C)c2cccc(F)c21. The Morgan fingerprint density at radius 1 is 1.14 bits per heavy atom. The second kappa shape index (κ2) is 13.3. The van der Waals surface area contributed by atoms with Crippen molar-refractivity contribution in [3.05, 3.63) is 83.3 Å². The molecule has 222 valence electrons. The van der Waals surface area contributed by atoms with E-state index in [0.717, 1.165) is 66.5 Å². The minimum atomic E-state index is -0.205. The Morgan fingerprint density at radius 2 is 1.95 bits per heavy atom. The third-order valence-corrected chi connectivity index (χ3v) is 8.34. The minimum Gasteiger partial charge on any atom is -0.385 e. The third kappa shape index (κ3) is 6.41. The van der Waals surface area contributed by atoms with Crippen molar-refractivity contribution in [3.8, 4) is 0 Å². The third-order valence-electron chi connectivity index (χ3n) is 8.34. The van der Waals surface area contributed by atoms with E-state index in [9.17, 15) is 9.59 Å². The molecule has 5 rings (SSSR count). The Labute approximate surface area is 246 Å². The van der Waals surface area contributed by atoms with Crippen LogP contribution in [0.4, 0.5) is 10.1 Å². The molecule has 0 bridgehead atoms. The number of anilines is 1. The van der Waals surface area contributed by atoms with Crippen LogP contribution in [0.2, 0.25) is 0 Å². The van der Waals surface area contributed by atoms with E-state index in [1.54, 1.807) is 31.1 Å². The standard InChI is InChI=1S/C33H40FN5O3/c1-23-27-10-5-11-28(34)32(27)39(18-7-19-42-3)31(23)25-9-6-17-38(21-25)30(40)12-4-8-24-13-15-26(16-14-24)36-33(41)29-20-35-22-37(29)2/h5,10-11,13-16,20,22,25H,4,6-9,12,17-19,21H2,1-3H3,(H,36,41). The number of aryl methyl sites for hydroxylation is 4. The molecule has 0 aliphatic carbocycles. The maximum atomic E-state index is 15.0. The first-order chi connectivity index (χ1) is 20.4. The molecule has 1 unspecified atom stereocenters. The fourth-order valence-corrected chi connectivity index (χ4v) is 6.23. The van der Waals surface area contributed by atoms with E-state index in [4.69, 9.17) is 4.74 Å². The van der Waals surface area contributed by atoms with Crippen molar-refractivity contribution in [2.45, 2.75) is 57.9 Å². The van der Waals surface area contributed by atoms with Gasteiger partial charge in [-0.1, -0.05) is 24.3 Å². The number of piperidine rings is 1. The Kier molecular flexibility index (Phi) is 9.37. The molecule has 9 heteroatoms. The number of hydrogen-bond donors (Lipinski definition) is 1. The second-order valence-corrected chi connectivity index (χ2v) is 11.2. The number of likely N-dealkylation sites (tertiary alicyclic amines) is 1. The topological polar surface area (TPSA) is 81.4 Å². The maximum Gasteiger partial charge on any atom is 0.273 e. The van der Waals surface area contributed by atoms with Gasteiger partial charge in [-0.25, -0.2) is 9.37 Å². The number of aromatic nitrogens is 3. The monoisotopic (exact) mass is 573 g/mol. The Hall–Kier alpha value is -3.98. The van der Waals surface area contributed by atoms with Crippen LogP contribution in [0, 0.1) is 12.7 Å². The van der Waals surface area contributed by atoms with Crippen LogP contribution in [0.5, 0.6) is 0 Å². The number of para-hydroxylation sites is 1. The van der Waals surface area contributed by atoms with Crippen LogP contribution in [0.25, 0.3) is 10.9 Å². The molecule has 1 fully saturated rings. The molecule has 1 saturated heterocycles. The molecule has 1 aliphatic heterocycles. The average Bonchev–Trinajstić information content (AvgIpc) is 3.55. The van der Waals surface area contributed by atoms with Gasteiger partial charge < -0.3 is 24.1 Å². The molecule has 42 heavy (non-hydrogen) atoms. The zero-order valence-corrected chi connectivity index (χ0v) is 24.7. The quantitative estimate of drug-likeness (QED) is 0.229. The van der Waals surface area contributed by atoms with Gasteiger partial charge in [0, 0.05) is 69.5 Å². The number of fused-ring (bicyclic) bond motifs is 1. The highest BCUT2D eigenvalue weighted by Gasteiger charge is 2.29. The lowest BCUT2D eigenvalue weighted by Crippen LogP contribution is -2.39. The maximum absolute atomic E-state index is 15.0. The molecule has 1 aliphatic rings. The van der Waals surface area contributed by atoms with Crippen molar-refractivity contribution in [1.82, 2.24) is 19.0 Å². The van der Waals surface area contributed by atoms with E-state index in [0.29, 0.717) is 37.3 Å². The van der Waals surface area contributed by atoms with E-state index in [1.807, 2.05) is 35.2 Å². The van der Waals surface area contributed by atoms with Gasteiger partial charge in [-0.05, 0) is 68.4 Å². The number of benzene rings is 2. The summed E-state index contributed by atoms with van der Waals surface area (Å²) in [5.74, 6) is -0.0625. The number of carbonyl (C=O) groups excluding carboxylic acids is 2. The first-order valence-corrected chi connectivity index (χ1v) is 14.8. The van der Waals surface area contributed by atoms with Gasteiger partial charge in [0.2, 0.25) is 5.91 Å². The van der Waals surface area contributed by atoms with Crippen LogP contribution in [-0.4, -0.2) is 57.6 Å². The van der Waals surface area contributed by atoms with Crippen molar-refractivity contribution >= 4 is 28.4 Å². The normalized spacial score (nSPS) is 15.3. The van der Waals surface area contributed by atoms with Gasteiger partial charge in [-0.2, -0.15) is 0 Å². The predicted molar refractivity (Wildman–Crippen MR) is 162 cm³/mol. The zero-order chi connectivity index (χ0) is 29.6. The molecule has 0 spiro atoms. The van der Waals surface area contributed by atoms with Gasteiger partial charge in [0.05, 0.1) is 18.0 Å². The first-order valence-electron chi connectivity index (χ1n) is 14.8. The lowest BCUT2D eigenvalue weighted by molar-refractivity contribution is -0.132. The number of ether oxygens (including phenoxy) is 1. The number of halogens is 1. The molecule has 3 heterocycles. The molecule has 1 atom stereocenters. The van der Waals surface area contributed by atoms with Crippen molar-refractivity contribution in [2.75, 3.05) is 32.1 Å². The summed E-state index contributed by atoms with van der Waals surface area (Å²) < 4.78 is 24.1. The van der Waals surface area contributed by atoms with Crippen molar-refractivity contribution < 1.29 is 18.7 Å². The number of amides is 2. The summed E-state index contributed by atoms with van der Waals surface area (Å²) in [6, 6.07) is 13.1. The number of imidazole rings is 1. The Bertz CT molecular complexity index is 1540. The summed E-state index contributed by atoms with van der Waals surface area (Å²) in [5.41, 5.74) is 5.26. The fourth-order valence-electron chi connectivity index (χ4n) is 6.23. The molecular weight excluding hydrogens is 533 g/mol. The van der Waals surface area contributed by atoms with Gasteiger partial charge in [0.1, 0.15) is 11.5 Å². The molecule has 2 aromatic heterocycles. The fraction of sp³-hybridized carbons (Fsp3) is 0.424. The highest BCUT2D eigenvalue weighted by Crippen LogP contribution is 2.36. The summed E-state index contributed by atoms with van der Waals surface area (Å²) in [6.07, 6.45) is 7.86. The van der Waals surface area contributed by atoms with Gasteiger partial charge in [0.15, 0.2) is 0 Å². The van der Waals surface area contributed by atoms with Crippen LogP contribution in [0.15, 0.2) is 55.0 Å². The molecule has 2 amide bonds. The summed E-state index contributed by atoms with van der Waals surface area (Å²) >= 11 is 0. The van der Waals surface area contributed by atoms with Crippen LogP contribution >= 0.6 is 0 Å². The van der Waals surface area contributed by atoms with Crippen LogP contribution in [0.1, 0.15) is 65.3 Å². The number of nitrogens with zero attached hydrogens (tertiary/aromatic N) is 4. The predicted octanol–water partition coefficient (Wildman–Crippen LogP) is 5.84. The summed E-state index contributed by atoms with van der Waals surface area (Å²) in [7, 11) is 3.47. The highest BCUT2D eigenvalue weighted by molar-refractivity contribution is 6.02. The van der Waals surface area contributed by atoms with E-state index in [1.165, 1.54) is 12.3 Å². The van der Waals surface area contributed by atoms with E-state index >= 15 is 4.39 Å². The van der Waals surface area contributed by atoms with Crippen molar-refractivity contribution in [1.29, 1.82) is 0 Å². The summed E-state index contributed by atoms with van der Waals surface area (Å²) in [4.78, 5) is 31.7. The molecule has 2 aromatic carbocycles. The van der Waals surface area contributed by atoms with Crippen molar-refractivity contribution in [2.24, 2.45) is 7.05 Å². The number of rotatable bonds is 11. The van der Waals surface area contributed by atoms with Gasteiger partial charge in [-0.15, -0.1) is 0 Å². The molecular formula is C33H40FN5O3. The van der Waals surface area contributed by atoms with Gasteiger partial charge >= 0.3 is 0 Å². The summed E-state index contributed by atoms with van der Waals surface area (Å²) in [6.45, 7) is 4.81. The van der Waals surface area contributed by atoms with E-state index in [2.05, 4.69) is 21.8 Å². The van der Waals surface area contributed by atoms with E-state index in [-0.39, 0.29) is 23.5 Å². The Balaban J connectivity index is 1.18. The lowest BCUT2D eigenvalue weighted by Gasteiger charge is -2.34. The molecule has 0 saturated carbocycles. The van der Waals surface area contributed by atoms with E-state index < -0.39 is 0 Å². The van der Waals surface area contributed by atoms with Gasteiger partial charge in [-0.3, -0.25) is 9.59 Å². The first kappa shape index (κ1) is 29.5. The van der Waals surface area contributed by atoms with Crippen molar-refractivity contribution in [3.63, 3.8) is 0 Å². The largest absolute Gasteiger partial charge is 0.385 e. The molecule has 0 radical (unpaired) electrons. The van der Waals surface area contributed by atoms with Crippen LogP contribution in [-0.2, 0) is 29.5 Å². The van der Waals surface area contributed by atoms with Crippen LogP contribution < -0.4 is 5.32 Å². The molecule has 4 aromatic rings. The second-order valence-electron chi connectivity index (χ2n) is 11.2. The minimum absolute atomic E-state index is 0.172. The number of carbonyl (C=O) groups is 2. The molecule has 1 N–H and O–H groups in total. The lowest BCUT2D eigenvalue weighted by atomic mass is 9.91. The highest BCUT2D eigenvalue weighted by atomic mass is 19.1. The number of methoxy groups -OCH3 is 1. The summed E-state index contributed by atoms with van der Waals surface area (Å²) in [5, 5.41) is 3.84. The number of nitrogens with one attached hydrogen (secondary N) is 1. The Morgan fingerprint density at radius 3 is 2.69 bits per heavy atom. The zero-order valence-electron chi connectivity index (χ0n) is 24.7.